The maximum absolute atomic E-state index is 12.0. The van der Waals surface area contributed by atoms with Crippen LogP contribution in [-0.4, -0.2) is 27.2 Å². The number of nitrogen functional groups attached to an aromatic ring is 1. The Morgan fingerprint density at radius 3 is 2.87 bits per heavy atom. The second kappa shape index (κ2) is 8.13. The summed E-state index contributed by atoms with van der Waals surface area (Å²) in [5.41, 5.74) is 8.24. The molecule has 2 heterocycles. The third-order valence-corrected chi connectivity index (χ3v) is 5.29. The van der Waals surface area contributed by atoms with E-state index in [0.29, 0.717) is 24.5 Å². The number of nitrogens with two attached hydrogens (primary N) is 1. The van der Waals surface area contributed by atoms with Crippen molar-refractivity contribution in [2.24, 2.45) is 7.05 Å². The SMILES string of the molecule is Cn1c(N)nc2c(Oc3ccc4c(c3)CCC(CCC(=O)OC(C)(C)C)O4)cccc21. The Morgan fingerprint density at radius 1 is 1.29 bits per heavy atom. The van der Waals surface area contributed by atoms with Gasteiger partial charge in [-0.15, -0.1) is 0 Å². The van der Waals surface area contributed by atoms with Gasteiger partial charge in [-0.2, -0.15) is 0 Å². The van der Waals surface area contributed by atoms with Crippen LogP contribution in [0.3, 0.4) is 0 Å². The lowest BCUT2D eigenvalue weighted by atomic mass is 9.99. The molecule has 164 valence electrons. The molecule has 0 fully saturated rings. The summed E-state index contributed by atoms with van der Waals surface area (Å²) in [5, 5.41) is 0. The molecule has 0 radical (unpaired) electrons. The number of anilines is 1. The molecule has 0 spiro atoms. The fraction of sp³-hybridized carbons (Fsp3) is 0.417. The highest BCUT2D eigenvalue weighted by Gasteiger charge is 2.23. The zero-order chi connectivity index (χ0) is 22.2. The van der Waals surface area contributed by atoms with Gasteiger partial charge in [-0.3, -0.25) is 4.79 Å². The minimum absolute atomic E-state index is 0.0111. The van der Waals surface area contributed by atoms with E-state index in [9.17, 15) is 4.79 Å². The lowest BCUT2D eigenvalue weighted by molar-refractivity contribution is -0.155. The maximum atomic E-state index is 12.0. The van der Waals surface area contributed by atoms with Crippen LogP contribution in [0.2, 0.25) is 0 Å². The molecule has 1 unspecified atom stereocenters. The monoisotopic (exact) mass is 423 g/mol. The third-order valence-electron chi connectivity index (χ3n) is 5.29. The van der Waals surface area contributed by atoms with Crippen molar-refractivity contribution in [2.45, 2.75) is 58.2 Å². The third kappa shape index (κ3) is 4.76. The van der Waals surface area contributed by atoms with Crippen molar-refractivity contribution in [3.05, 3.63) is 42.0 Å². The highest BCUT2D eigenvalue weighted by atomic mass is 16.6. The average molecular weight is 424 g/mol. The van der Waals surface area contributed by atoms with Crippen LogP contribution in [0.5, 0.6) is 17.2 Å². The van der Waals surface area contributed by atoms with Gasteiger partial charge < -0.3 is 24.5 Å². The standard InChI is InChI=1S/C24H29N3O4/c1-24(2,3)31-21(28)13-11-16-9-8-15-14-17(10-12-19(15)29-16)30-20-7-5-6-18-22(20)26-23(25)27(18)4/h5-7,10,12,14,16H,8-9,11,13H2,1-4H3,(H2,25,26). The van der Waals surface area contributed by atoms with Crippen LogP contribution < -0.4 is 15.2 Å². The van der Waals surface area contributed by atoms with Crippen LogP contribution in [0.1, 0.15) is 45.6 Å². The number of hydrogen-bond donors (Lipinski definition) is 1. The number of carbonyl (C=O) groups excluding carboxylic acids is 1. The second-order valence-electron chi connectivity index (χ2n) is 8.93. The topological polar surface area (TPSA) is 88.6 Å². The van der Waals surface area contributed by atoms with E-state index in [2.05, 4.69) is 4.98 Å². The van der Waals surface area contributed by atoms with Crippen molar-refractivity contribution in [1.82, 2.24) is 9.55 Å². The van der Waals surface area contributed by atoms with Gasteiger partial charge in [0.15, 0.2) is 5.75 Å². The number of fused-ring (bicyclic) bond motifs is 2. The van der Waals surface area contributed by atoms with Gasteiger partial charge >= 0.3 is 5.97 Å². The van der Waals surface area contributed by atoms with Gasteiger partial charge in [0.1, 0.15) is 22.6 Å². The highest BCUT2D eigenvalue weighted by Crippen LogP contribution is 2.35. The summed E-state index contributed by atoms with van der Waals surface area (Å²) >= 11 is 0. The van der Waals surface area contributed by atoms with E-state index in [1.807, 2.05) is 68.8 Å². The average Bonchev–Trinajstić information content (AvgIpc) is 3.00. The number of hydrogen-bond acceptors (Lipinski definition) is 6. The first kappa shape index (κ1) is 21.0. The molecular weight excluding hydrogens is 394 g/mol. The molecule has 4 rings (SSSR count). The molecule has 1 aliphatic heterocycles. The Kier molecular flexibility index (Phi) is 5.52. The molecular formula is C24H29N3O4. The zero-order valence-electron chi connectivity index (χ0n) is 18.5. The fourth-order valence-electron chi connectivity index (χ4n) is 3.78. The molecule has 0 saturated carbocycles. The molecule has 0 aliphatic carbocycles. The molecule has 1 atom stereocenters. The summed E-state index contributed by atoms with van der Waals surface area (Å²) in [7, 11) is 1.88. The molecule has 2 aromatic carbocycles. The molecule has 1 aliphatic rings. The lowest BCUT2D eigenvalue weighted by Crippen LogP contribution is -2.27. The largest absolute Gasteiger partial charge is 0.490 e. The molecule has 1 aromatic heterocycles. The van der Waals surface area contributed by atoms with Gasteiger partial charge in [0, 0.05) is 13.5 Å². The Bertz CT molecular complexity index is 1110. The second-order valence-corrected chi connectivity index (χ2v) is 8.93. The summed E-state index contributed by atoms with van der Waals surface area (Å²) in [5.74, 6) is 2.49. The van der Waals surface area contributed by atoms with Crippen LogP contribution in [0, 0.1) is 0 Å². The van der Waals surface area contributed by atoms with E-state index in [4.69, 9.17) is 19.9 Å². The number of carbonyl (C=O) groups is 1. The quantitative estimate of drug-likeness (QED) is 0.595. The molecule has 7 nitrogen and oxygen atoms in total. The van der Waals surface area contributed by atoms with Gasteiger partial charge in [-0.1, -0.05) is 6.07 Å². The van der Waals surface area contributed by atoms with Gasteiger partial charge in [0.05, 0.1) is 11.6 Å². The predicted octanol–water partition coefficient (Wildman–Crippen LogP) is 4.76. The van der Waals surface area contributed by atoms with Gasteiger partial charge in [-0.25, -0.2) is 4.98 Å². The molecule has 31 heavy (non-hydrogen) atoms. The van der Waals surface area contributed by atoms with E-state index >= 15 is 0 Å². The number of rotatable bonds is 5. The van der Waals surface area contributed by atoms with Gasteiger partial charge in [0.2, 0.25) is 5.95 Å². The van der Waals surface area contributed by atoms with Crippen LogP contribution >= 0.6 is 0 Å². The van der Waals surface area contributed by atoms with E-state index in [0.717, 1.165) is 40.9 Å². The van der Waals surface area contributed by atoms with E-state index in [-0.39, 0.29) is 12.1 Å². The first-order valence-electron chi connectivity index (χ1n) is 10.6. The molecule has 3 aromatic rings. The number of ether oxygens (including phenoxy) is 3. The van der Waals surface area contributed by atoms with E-state index in [1.54, 1.807) is 0 Å². The minimum Gasteiger partial charge on any atom is -0.490 e. The van der Waals surface area contributed by atoms with E-state index in [1.165, 1.54) is 0 Å². The number of benzene rings is 2. The first-order chi connectivity index (χ1) is 14.7. The Balaban J connectivity index is 1.42. The number of para-hydroxylation sites is 1. The molecule has 7 heteroatoms. The predicted molar refractivity (Wildman–Crippen MR) is 119 cm³/mol. The van der Waals surface area contributed by atoms with Crippen molar-refractivity contribution in [3.63, 3.8) is 0 Å². The molecule has 0 amide bonds. The highest BCUT2D eigenvalue weighted by molar-refractivity contribution is 5.84. The number of nitrogens with zero attached hydrogens (tertiary/aromatic N) is 2. The summed E-state index contributed by atoms with van der Waals surface area (Å²) in [6, 6.07) is 11.6. The normalized spacial score (nSPS) is 15.9. The number of aryl methyl sites for hydroxylation is 2. The fourth-order valence-corrected chi connectivity index (χ4v) is 3.78. The van der Waals surface area contributed by atoms with Crippen LogP contribution in [-0.2, 0) is 23.0 Å². The summed E-state index contributed by atoms with van der Waals surface area (Å²) in [4.78, 5) is 16.4. The van der Waals surface area contributed by atoms with Crippen molar-refractivity contribution in [1.29, 1.82) is 0 Å². The van der Waals surface area contributed by atoms with Crippen molar-refractivity contribution < 1.29 is 19.0 Å². The van der Waals surface area contributed by atoms with Crippen molar-refractivity contribution in [2.75, 3.05) is 5.73 Å². The van der Waals surface area contributed by atoms with Gasteiger partial charge in [0.25, 0.3) is 0 Å². The van der Waals surface area contributed by atoms with Crippen molar-refractivity contribution in [3.8, 4) is 17.2 Å². The summed E-state index contributed by atoms with van der Waals surface area (Å²) in [6.07, 6.45) is 2.74. The molecule has 0 saturated heterocycles. The molecule has 0 bridgehead atoms. The number of aromatic nitrogens is 2. The lowest BCUT2D eigenvalue weighted by Gasteiger charge is -2.27. The Morgan fingerprint density at radius 2 is 2.10 bits per heavy atom. The summed E-state index contributed by atoms with van der Waals surface area (Å²) < 4.78 is 19.5. The van der Waals surface area contributed by atoms with Crippen LogP contribution in [0.4, 0.5) is 5.95 Å². The molecule has 2 N–H and O–H groups in total. The van der Waals surface area contributed by atoms with Crippen LogP contribution in [0.25, 0.3) is 11.0 Å². The summed E-state index contributed by atoms with van der Waals surface area (Å²) in [6.45, 7) is 5.63. The zero-order valence-corrected chi connectivity index (χ0v) is 18.5. The number of esters is 1. The maximum Gasteiger partial charge on any atom is 0.306 e. The van der Waals surface area contributed by atoms with E-state index < -0.39 is 5.60 Å². The number of imidazole rings is 1. The smallest absolute Gasteiger partial charge is 0.306 e. The first-order valence-corrected chi connectivity index (χ1v) is 10.6. The van der Waals surface area contributed by atoms with Crippen LogP contribution in [0.15, 0.2) is 36.4 Å². The minimum atomic E-state index is -0.459. The Hall–Kier alpha value is -3.22. The van der Waals surface area contributed by atoms with Crippen molar-refractivity contribution >= 4 is 23.0 Å². The Labute approximate surface area is 182 Å². The van der Waals surface area contributed by atoms with Gasteiger partial charge in [-0.05, 0) is 75.9 Å².